The maximum atomic E-state index is 10.6. The molecule has 0 amide bonds. The van der Waals surface area contributed by atoms with Crippen LogP contribution in [0.15, 0.2) is 48.8 Å². The van der Waals surface area contributed by atoms with Crippen LogP contribution in [0.25, 0.3) is 0 Å². The van der Waals surface area contributed by atoms with Crippen LogP contribution < -0.4 is 0 Å². The molecule has 2 rings (SSSR count). The smallest absolute Gasteiger partial charge is 0.269 e. The molecule has 20 heavy (non-hydrogen) atoms. The average Bonchev–Trinajstić information content (AvgIpc) is 2.47. The van der Waals surface area contributed by atoms with Gasteiger partial charge in [-0.05, 0) is 36.7 Å². The Morgan fingerprint density at radius 1 is 1.10 bits per heavy atom. The van der Waals surface area contributed by atoms with Gasteiger partial charge in [-0.15, -0.1) is 0 Å². The third-order valence-electron chi connectivity index (χ3n) is 3.13. The Balaban J connectivity index is 1.85. The van der Waals surface area contributed by atoms with Crippen LogP contribution in [0.5, 0.6) is 0 Å². The molecule has 0 saturated carbocycles. The van der Waals surface area contributed by atoms with Crippen LogP contribution in [0.4, 0.5) is 5.69 Å². The van der Waals surface area contributed by atoms with Crippen LogP contribution in [-0.4, -0.2) is 28.4 Å². The topological polar surface area (TPSA) is 59.3 Å². The summed E-state index contributed by atoms with van der Waals surface area (Å²) in [4.78, 5) is 16.4. The molecular weight excluding hydrogens is 254 g/mol. The number of hydrogen-bond donors (Lipinski definition) is 0. The fourth-order valence-corrected chi connectivity index (χ4v) is 1.98. The lowest BCUT2D eigenvalue weighted by molar-refractivity contribution is -0.384. The summed E-state index contributed by atoms with van der Waals surface area (Å²) in [6.07, 6.45) is 4.56. The Hall–Kier alpha value is -2.27. The minimum absolute atomic E-state index is 0.133. The molecule has 1 aromatic carbocycles. The first-order valence-electron chi connectivity index (χ1n) is 6.46. The van der Waals surface area contributed by atoms with Gasteiger partial charge in [-0.1, -0.05) is 12.1 Å². The highest BCUT2D eigenvalue weighted by molar-refractivity contribution is 5.32. The second kappa shape index (κ2) is 6.77. The van der Waals surface area contributed by atoms with Crippen LogP contribution in [0, 0.1) is 10.1 Å². The van der Waals surface area contributed by atoms with E-state index >= 15 is 0 Å². The molecule has 0 N–H and O–H groups in total. The fraction of sp³-hybridized carbons (Fsp3) is 0.267. The molecule has 0 aliphatic heterocycles. The Kier molecular flexibility index (Phi) is 4.79. The summed E-state index contributed by atoms with van der Waals surface area (Å²) in [5.41, 5.74) is 2.47. The van der Waals surface area contributed by atoms with E-state index in [-0.39, 0.29) is 10.6 Å². The zero-order chi connectivity index (χ0) is 14.4. The molecule has 0 fully saturated rings. The van der Waals surface area contributed by atoms with Crippen molar-refractivity contribution in [2.75, 3.05) is 13.6 Å². The number of likely N-dealkylation sites (N-methyl/N-ethyl adjacent to an activating group) is 1. The molecule has 1 heterocycles. The van der Waals surface area contributed by atoms with Crippen LogP contribution in [0.2, 0.25) is 0 Å². The fourth-order valence-electron chi connectivity index (χ4n) is 1.98. The minimum atomic E-state index is -0.378. The average molecular weight is 271 g/mol. The van der Waals surface area contributed by atoms with Crippen LogP contribution in [-0.2, 0) is 13.0 Å². The van der Waals surface area contributed by atoms with Gasteiger partial charge in [-0.25, -0.2) is 0 Å². The maximum Gasteiger partial charge on any atom is 0.269 e. The Bertz CT molecular complexity index is 555. The minimum Gasteiger partial charge on any atom is -0.302 e. The Morgan fingerprint density at radius 2 is 1.75 bits per heavy atom. The van der Waals surface area contributed by atoms with Crippen molar-refractivity contribution in [2.24, 2.45) is 0 Å². The van der Waals surface area contributed by atoms with Crippen molar-refractivity contribution in [3.05, 3.63) is 70.0 Å². The van der Waals surface area contributed by atoms with E-state index in [1.54, 1.807) is 36.7 Å². The van der Waals surface area contributed by atoms with E-state index in [2.05, 4.69) is 9.88 Å². The third-order valence-corrected chi connectivity index (χ3v) is 3.13. The SMILES string of the molecule is CN(CCc1ccncc1)Cc1ccc([N+](=O)[O-])cc1. The highest BCUT2D eigenvalue weighted by Crippen LogP contribution is 2.13. The van der Waals surface area contributed by atoms with Crippen molar-refractivity contribution in [1.29, 1.82) is 0 Å². The van der Waals surface area contributed by atoms with Crippen LogP contribution in [0.1, 0.15) is 11.1 Å². The number of nitro groups is 1. The van der Waals surface area contributed by atoms with Crippen molar-refractivity contribution in [3.8, 4) is 0 Å². The number of hydrogen-bond acceptors (Lipinski definition) is 4. The van der Waals surface area contributed by atoms with Gasteiger partial charge in [0.1, 0.15) is 0 Å². The van der Waals surface area contributed by atoms with Gasteiger partial charge in [0.05, 0.1) is 4.92 Å². The van der Waals surface area contributed by atoms with Crippen molar-refractivity contribution < 1.29 is 4.92 Å². The maximum absolute atomic E-state index is 10.6. The first-order chi connectivity index (χ1) is 9.65. The largest absolute Gasteiger partial charge is 0.302 e. The van der Waals surface area contributed by atoms with Crippen molar-refractivity contribution in [1.82, 2.24) is 9.88 Å². The number of aromatic nitrogens is 1. The summed E-state index contributed by atoms with van der Waals surface area (Å²) in [5, 5.41) is 10.6. The zero-order valence-corrected chi connectivity index (χ0v) is 11.4. The van der Waals surface area contributed by atoms with Gasteiger partial charge in [-0.3, -0.25) is 15.1 Å². The molecular formula is C15H17N3O2. The zero-order valence-electron chi connectivity index (χ0n) is 11.4. The summed E-state index contributed by atoms with van der Waals surface area (Å²) in [6, 6.07) is 10.7. The summed E-state index contributed by atoms with van der Waals surface area (Å²) >= 11 is 0. The number of rotatable bonds is 6. The lowest BCUT2D eigenvalue weighted by Crippen LogP contribution is -2.20. The van der Waals surface area contributed by atoms with E-state index in [1.807, 2.05) is 19.2 Å². The molecule has 0 unspecified atom stereocenters. The predicted octanol–water partition coefficient (Wildman–Crippen LogP) is 2.66. The molecule has 0 spiro atoms. The highest BCUT2D eigenvalue weighted by Gasteiger charge is 2.05. The monoisotopic (exact) mass is 271 g/mol. The van der Waals surface area contributed by atoms with Crippen LogP contribution in [0.3, 0.4) is 0 Å². The Morgan fingerprint density at radius 3 is 2.35 bits per heavy atom. The second-order valence-electron chi connectivity index (χ2n) is 4.77. The number of nitrogens with zero attached hydrogens (tertiary/aromatic N) is 3. The summed E-state index contributed by atoms with van der Waals surface area (Å²) < 4.78 is 0. The quantitative estimate of drug-likeness (QED) is 0.598. The van der Waals surface area contributed by atoms with Gasteiger partial charge < -0.3 is 4.90 Å². The van der Waals surface area contributed by atoms with Gasteiger partial charge in [0.25, 0.3) is 5.69 Å². The first-order valence-corrected chi connectivity index (χ1v) is 6.46. The molecule has 2 aromatic rings. The first kappa shape index (κ1) is 14.1. The van der Waals surface area contributed by atoms with E-state index in [4.69, 9.17) is 0 Å². The van der Waals surface area contributed by atoms with E-state index < -0.39 is 0 Å². The van der Waals surface area contributed by atoms with Crippen molar-refractivity contribution in [2.45, 2.75) is 13.0 Å². The summed E-state index contributed by atoms with van der Waals surface area (Å²) in [6.45, 7) is 1.71. The molecule has 5 nitrogen and oxygen atoms in total. The molecule has 104 valence electrons. The molecule has 5 heteroatoms. The predicted molar refractivity (Wildman–Crippen MR) is 77.4 cm³/mol. The van der Waals surface area contributed by atoms with E-state index in [0.29, 0.717) is 0 Å². The molecule has 0 radical (unpaired) electrons. The second-order valence-corrected chi connectivity index (χ2v) is 4.77. The summed E-state index contributed by atoms with van der Waals surface area (Å²) in [7, 11) is 2.04. The number of nitro benzene ring substituents is 1. The van der Waals surface area contributed by atoms with Gasteiger partial charge in [0.2, 0.25) is 0 Å². The van der Waals surface area contributed by atoms with E-state index in [9.17, 15) is 10.1 Å². The molecule has 0 atom stereocenters. The normalized spacial score (nSPS) is 10.7. The lowest BCUT2D eigenvalue weighted by atomic mass is 10.1. The van der Waals surface area contributed by atoms with Gasteiger partial charge in [0.15, 0.2) is 0 Å². The van der Waals surface area contributed by atoms with Crippen molar-refractivity contribution in [3.63, 3.8) is 0 Å². The summed E-state index contributed by atoms with van der Waals surface area (Å²) in [5.74, 6) is 0. The van der Waals surface area contributed by atoms with Gasteiger partial charge >= 0.3 is 0 Å². The lowest BCUT2D eigenvalue weighted by Gasteiger charge is -2.16. The molecule has 0 aliphatic rings. The molecule has 0 bridgehead atoms. The van der Waals surface area contributed by atoms with Crippen molar-refractivity contribution >= 4 is 5.69 Å². The third kappa shape index (κ3) is 4.13. The highest BCUT2D eigenvalue weighted by atomic mass is 16.6. The Labute approximate surface area is 118 Å². The van der Waals surface area contributed by atoms with E-state index in [1.165, 1.54) is 5.56 Å². The molecule has 1 aromatic heterocycles. The number of pyridine rings is 1. The van der Waals surface area contributed by atoms with E-state index in [0.717, 1.165) is 25.1 Å². The van der Waals surface area contributed by atoms with Gasteiger partial charge in [0, 0.05) is 37.6 Å². The molecule has 0 saturated heterocycles. The number of benzene rings is 1. The standard InChI is InChI=1S/C15H17N3O2/c1-17(11-8-13-6-9-16-10-7-13)12-14-2-4-15(5-3-14)18(19)20/h2-7,9-10H,8,11-12H2,1H3. The van der Waals surface area contributed by atoms with Crippen LogP contribution >= 0.6 is 0 Å². The number of non-ortho nitro benzene ring substituents is 1. The van der Waals surface area contributed by atoms with Gasteiger partial charge in [-0.2, -0.15) is 0 Å². The molecule has 0 aliphatic carbocycles.